The van der Waals surface area contributed by atoms with Gasteiger partial charge in [0.2, 0.25) is 0 Å². The second-order valence-electron chi connectivity index (χ2n) is 4.71. The Bertz CT molecular complexity index is 700. The minimum atomic E-state index is -0.114. The number of hydrogen-bond acceptors (Lipinski definition) is 2. The number of benzene rings is 2. The number of nitrogens with two attached hydrogens (primary N) is 1. The van der Waals surface area contributed by atoms with Crippen molar-refractivity contribution >= 4 is 39.0 Å². The van der Waals surface area contributed by atoms with Crippen LogP contribution in [0, 0.1) is 6.92 Å². The molecular weight excluding hydrogens is 348 g/mol. The van der Waals surface area contributed by atoms with E-state index in [0.717, 1.165) is 21.2 Å². The number of hydrogen-bond donors (Lipinski definition) is 2. The van der Waals surface area contributed by atoms with Crippen LogP contribution in [0.1, 0.15) is 27.0 Å². The van der Waals surface area contributed by atoms with E-state index in [4.69, 9.17) is 18.0 Å². The van der Waals surface area contributed by atoms with Crippen LogP contribution >= 0.6 is 28.1 Å². The lowest BCUT2D eigenvalue weighted by molar-refractivity contribution is 0.0951. The van der Waals surface area contributed by atoms with Crippen molar-refractivity contribution in [1.29, 1.82) is 0 Å². The average Bonchev–Trinajstić information content (AvgIpc) is 2.48. The largest absolute Gasteiger partial charge is 0.389 e. The van der Waals surface area contributed by atoms with Gasteiger partial charge in [0.1, 0.15) is 4.99 Å². The molecule has 0 heterocycles. The van der Waals surface area contributed by atoms with Crippen molar-refractivity contribution in [2.75, 3.05) is 0 Å². The van der Waals surface area contributed by atoms with Gasteiger partial charge < -0.3 is 11.1 Å². The summed E-state index contributed by atoms with van der Waals surface area (Å²) in [4.78, 5) is 12.5. The molecule has 0 aliphatic carbocycles. The van der Waals surface area contributed by atoms with Gasteiger partial charge in [-0.2, -0.15) is 0 Å². The lowest BCUT2D eigenvalue weighted by atomic mass is 10.1. The second-order valence-corrected chi connectivity index (χ2v) is 6.01. The maximum absolute atomic E-state index is 12.1. The van der Waals surface area contributed by atoms with Gasteiger partial charge in [-0.15, -0.1) is 0 Å². The Morgan fingerprint density at radius 2 is 2.00 bits per heavy atom. The van der Waals surface area contributed by atoms with Gasteiger partial charge in [-0.3, -0.25) is 4.79 Å². The fourth-order valence-corrected chi connectivity index (χ4v) is 2.36. The van der Waals surface area contributed by atoms with E-state index < -0.39 is 0 Å². The van der Waals surface area contributed by atoms with E-state index in [-0.39, 0.29) is 5.91 Å². The van der Waals surface area contributed by atoms with Crippen molar-refractivity contribution in [3.8, 4) is 0 Å². The summed E-state index contributed by atoms with van der Waals surface area (Å²) in [6.45, 7) is 2.41. The Hall–Kier alpha value is -1.72. The lowest BCUT2D eigenvalue weighted by Crippen LogP contribution is -2.23. The van der Waals surface area contributed by atoms with E-state index in [1.807, 2.05) is 43.3 Å². The highest BCUT2D eigenvalue weighted by Gasteiger charge is 2.07. The zero-order chi connectivity index (χ0) is 15.4. The van der Waals surface area contributed by atoms with Crippen molar-refractivity contribution in [3.05, 3.63) is 69.2 Å². The Labute approximate surface area is 137 Å². The van der Waals surface area contributed by atoms with Gasteiger partial charge in [-0.05, 0) is 36.2 Å². The molecule has 0 spiro atoms. The summed E-state index contributed by atoms with van der Waals surface area (Å²) >= 11 is 8.37. The first kappa shape index (κ1) is 15.7. The molecule has 2 aromatic rings. The summed E-state index contributed by atoms with van der Waals surface area (Å²) in [5.41, 5.74) is 9.07. The van der Waals surface area contributed by atoms with Gasteiger partial charge in [0.25, 0.3) is 5.91 Å². The monoisotopic (exact) mass is 362 g/mol. The highest BCUT2D eigenvalue weighted by Crippen LogP contribution is 2.17. The van der Waals surface area contributed by atoms with Crippen LogP contribution in [0.5, 0.6) is 0 Å². The van der Waals surface area contributed by atoms with E-state index in [9.17, 15) is 4.79 Å². The third-order valence-corrected chi connectivity index (χ3v) is 4.19. The molecule has 3 N–H and O–H groups in total. The van der Waals surface area contributed by atoms with Gasteiger partial charge in [0, 0.05) is 22.1 Å². The number of rotatable bonds is 4. The first-order chi connectivity index (χ1) is 9.97. The summed E-state index contributed by atoms with van der Waals surface area (Å²) < 4.78 is 0.922. The molecule has 1 amide bonds. The predicted molar refractivity (Wildman–Crippen MR) is 92.4 cm³/mol. The Kier molecular flexibility index (Phi) is 5.09. The van der Waals surface area contributed by atoms with Gasteiger partial charge in [-0.1, -0.05) is 52.4 Å². The van der Waals surface area contributed by atoms with Crippen LogP contribution in [0.3, 0.4) is 0 Å². The normalized spacial score (nSPS) is 10.2. The SMILES string of the molecule is Cc1ccc(C(=O)NCc2cccc(C(N)=S)c2)cc1Br. The summed E-state index contributed by atoms with van der Waals surface area (Å²) in [6.07, 6.45) is 0. The van der Waals surface area contributed by atoms with E-state index in [0.29, 0.717) is 17.1 Å². The molecule has 0 radical (unpaired) electrons. The summed E-state index contributed by atoms with van der Waals surface area (Å²) in [6, 6.07) is 13.1. The van der Waals surface area contributed by atoms with Crippen LogP contribution in [0.2, 0.25) is 0 Å². The number of aryl methyl sites for hydroxylation is 1. The third-order valence-electron chi connectivity index (χ3n) is 3.10. The van der Waals surface area contributed by atoms with Gasteiger partial charge in [-0.25, -0.2) is 0 Å². The molecule has 0 unspecified atom stereocenters. The van der Waals surface area contributed by atoms with Crippen molar-refractivity contribution in [1.82, 2.24) is 5.32 Å². The first-order valence-electron chi connectivity index (χ1n) is 6.40. The van der Waals surface area contributed by atoms with Crippen LogP contribution in [0.15, 0.2) is 46.9 Å². The summed E-state index contributed by atoms with van der Waals surface area (Å²) in [7, 11) is 0. The zero-order valence-corrected chi connectivity index (χ0v) is 13.9. The molecule has 0 atom stereocenters. The molecule has 0 saturated carbocycles. The van der Waals surface area contributed by atoms with Crippen molar-refractivity contribution in [2.24, 2.45) is 5.73 Å². The molecule has 0 aliphatic rings. The maximum atomic E-state index is 12.1. The lowest BCUT2D eigenvalue weighted by Gasteiger charge is -2.08. The number of carbonyl (C=O) groups excluding carboxylic acids is 1. The molecule has 2 aromatic carbocycles. The Balaban J connectivity index is 2.05. The molecule has 0 aromatic heterocycles. The van der Waals surface area contributed by atoms with E-state index in [1.165, 1.54) is 0 Å². The second kappa shape index (κ2) is 6.83. The zero-order valence-electron chi connectivity index (χ0n) is 11.5. The molecule has 21 heavy (non-hydrogen) atoms. The van der Waals surface area contributed by atoms with Crippen LogP contribution in [0.4, 0.5) is 0 Å². The molecule has 5 heteroatoms. The van der Waals surface area contributed by atoms with Gasteiger partial charge in [0.15, 0.2) is 0 Å². The minimum Gasteiger partial charge on any atom is -0.389 e. The summed E-state index contributed by atoms with van der Waals surface area (Å²) in [5.74, 6) is -0.114. The maximum Gasteiger partial charge on any atom is 0.251 e. The van der Waals surface area contributed by atoms with E-state index >= 15 is 0 Å². The molecule has 3 nitrogen and oxygen atoms in total. The van der Waals surface area contributed by atoms with Crippen molar-refractivity contribution in [3.63, 3.8) is 0 Å². The Morgan fingerprint density at radius 3 is 2.67 bits per heavy atom. The van der Waals surface area contributed by atoms with Crippen LogP contribution < -0.4 is 11.1 Å². The molecule has 108 valence electrons. The Morgan fingerprint density at radius 1 is 1.24 bits per heavy atom. The topological polar surface area (TPSA) is 55.1 Å². The molecule has 0 saturated heterocycles. The number of thiocarbonyl (C=S) groups is 1. The highest BCUT2D eigenvalue weighted by atomic mass is 79.9. The number of halogens is 1. The molecule has 0 fully saturated rings. The molecular formula is C16H15BrN2OS. The predicted octanol–water partition coefficient (Wildman–Crippen LogP) is 3.32. The fraction of sp³-hybridized carbons (Fsp3) is 0.125. The first-order valence-corrected chi connectivity index (χ1v) is 7.60. The van der Waals surface area contributed by atoms with Crippen molar-refractivity contribution in [2.45, 2.75) is 13.5 Å². The van der Waals surface area contributed by atoms with Gasteiger partial charge >= 0.3 is 0 Å². The number of amides is 1. The average molecular weight is 363 g/mol. The molecule has 0 bridgehead atoms. The minimum absolute atomic E-state index is 0.114. The number of nitrogens with one attached hydrogen (secondary N) is 1. The standard InChI is InChI=1S/C16H15BrN2OS/c1-10-5-6-13(8-14(10)17)16(20)19-9-11-3-2-4-12(7-11)15(18)21/h2-8H,9H2,1H3,(H2,18,21)(H,19,20). The van der Waals surface area contributed by atoms with E-state index in [1.54, 1.807) is 6.07 Å². The van der Waals surface area contributed by atoms with Crippen molar-refractivity contribution < 1.29 is 4.79 Å². The third kappa shape index (κ3) is 4.12. The highest BCUT2D eigenvalue weighted by molar-refractivity contribution is 9.10. The molecule has 0 aliphatic heterocycles. The summed E-state index contributed by atoms with van der Waals surface area (Å²) in [5, 5.41) is 2.88. The fourth-order valence-electron chi connectivity index (χ4n) is 1.85. The molecule has 2 rings (SSSR count). The smallest absolute Gasteiger partial charge is 0.251 e. The quantitative estimate of drug-likeness (QED) is 0.820. The van der Waals surface area contributed by atoms with Crippen LogP contribution in [0.25, 0.3) is 0 Å². The van der Waals surface area contributed by atoms with E-state index in [2.05, 4.69) is 21.2 Å². The van der Waals surface area contributed by atoms with Gasteiger partial charge in [0.05, 0.1) is 0 Å². The number of carbonyl (C=O) groups is 1. The van der Waals surface area contributed by atoms with Crippen LogP contribution in [-0.4, -0.2) is 10.9 Å². The van der Waals surface area contributed by atoms with Crippen LogP contribution in [-0.2, 0) is 6.54 Å².